The second kappa shape index (κ2) is 6.26. The quantitative estimate of drug-likeness (QED) is 0.851. The van der Waals surface area contributed by atoms with E-state index in [9.17, 15) is 0 Å². The van der Waals surface area contributed by atoms with Gasteiger partial charge in [-0.15, -0.1) is 0 Å². The average Bonchev–Trinajstić information content (AvgIpc) is 2.52. The molecule has 0 saturated heterocycles. The van der Waals surface area contributed by atoms with E-state index < -0.39 is 0 Å². The van der Waals surface area contributed by atoms with Gasteiger partial charge in [0.25, 0.3) is 0 Å². The van der Waals surface area contributed by atoms with Crippen molar-refractivity contribution in [2.45, 2.75) is 6.61 Å². The molecule has 0 atom stereocenters. The first-order valence-corrected chi connectivity index (χ1v) is 5.97. The Morgan fingerprint density at radius 1 is 0.950 bits per heavy atom. The molecule has 4 nitrogen and oxygen atoms in total. The summed E-state index contributed by atoms with van der Waals surface area (Å²) in [5, 5.41) is 17.9. The van der Waals surface area contributed by atoms with Gasteiger partial charge < -0.3 is 9.47 Å². The van der Waals surface area contributed by atoms with Gasteiger partial charge in [-0.1, -0.05) is 18.2 Å². The van der Waals surface area contributed by atoms with Gasteiger partial charge in [-0.2, -0.15) is 10.5 Å². The Balaban J connectivity index is 2.16. The number of ether oxygens (including phenoxy) is 2. The Labute approximate surface area is 117 Å². The van der Waals surface area contributed by atoms with Crippen LogP contribution in [0, 0.1) is 22.7 Å². The van der Waals surface area contributed by atoms with E-state index in [0.29, 0.717) is 29.2 Å². The van der Waals surface area contributed by atoms with Gasteiger partial charge in [0.2, 0.25) is 0 Å². The zero-order chi connectivity index (χ0) is 14.4. The smallest absolute Gasteiger partial charge is 0.137 e. The van der Waals surface area contributed by atoms with E-state index >= 15 is 0 Å². The SMILES string of the molecule is COc1cc(COc2ccccc2C#N)ccc1C#N. The molecule has 0 radical (unpaired) electrons. The van der Waals surface area contributed by atoms with E-state index in [2.05, 4.69) is 12.1 Å². The predicted octanol–water partition coefficient (Wildman–Crippen LogP) is 3.02. The summed E-state index contributed by atoms with van der Waals surface area (Å²) in [6.45, 7) is 0.306. The van der Waals surface area contributed by atoms with E-state index in [1.807, 2.05) is 6.07 Å². The molecule has 0 heterocycles. The van der Waals surface area contributed by atoms with Crippen LogP contribution in [0.15, 0.2) is 42.5 Å². The summed E-state index contributed by atoms with van der Waals surface area (Å²) < 4.78 is 10.8. The third-order valence-corrected chi connectivity index (χ3v) is 2.79. The van der Waals surface area contributed by atoms with Crippen LogP contribution in [0.5, 0.6) is 11.5 Å². The zero-order valence-electron chi connectivity index (χ0n) is 11.0. The summed E-state index contributed by atoms with van der Waals surface area (Å²) in [4.78, 5) is 0. The van der Waals surface area contributed by atoms with Gasteiger partial charge in [-0.3, -0.25) is 0 Å². The lowest BCUT2D eigenvalue weighted by Gasteiger charge is -2.09. The summed E-state index contributed by atoms with van der Waals surface area (Å²) in [5.41, 5.74) is 1.84. The van der Waals surface area contributed by atoms with Gasteiger partial charge in [-0.05, 0) is 29.8 Å². The van der Waals surface area contributed by atoms with Crippen molar-refractivity contribution < 1.29 is 9.47 Å². The number of nitrogens with zero attached hydrogens (tertiary/aromatic N) is 2. The molecule has 0 N–H and O–H groups in total. The van der Waals surface area contributed by atoms with Crippen molar-refractivity contribution in [1.82, 2.24) is 0 Å². The van der Waals surface area contributed by atoms with Gasteiger partial charge in [0, 0.05) is 0 Å². The highest BCUT2D eigenvalue weighted by atomic mass is 16.5. The summed E-state index contributed by atoms with van der Waals surface area (Å²) in [5.74, 6) is 1.06. The number of para-hydroxylation sites is 1. The Bertz CT molecular complexity index is 696. The van der Waals surface area contributed by atoms with Crippen molar-refractivity contribution in [1.29, 1.82) is 10.5 Å². The molecule has 0 fully saturated rings. The summed E-state index contributed by atoms with van der Waals surface area (Å²) >= 11 is 0. The van der Waals surface area contributed by atoms with E-state index in [4.69, 9.17) is 20.0 Å². The zero-order valence-corrected chi connectivity index (χ0v) is 11.0. The molecule has 0 unspecified atom stereocenters. The molecule has 2 aromatic carbocycles. The fourth-order valence-corrected chi connectivity index (χ4v) is 1.76. The Morgan fingerprint density at radius 2 is 1.65 bits per heavy atom. The summed E-state index contributed by atoms with van der Waals surface area (Å²) in [6.07, 6.45) is 0. The van der Waals surface area contributed by atoms with E-state index in [0.717, 1.165) is 5.56 Å². The second-order valence-corrected chi connectivity index (χ2v) is 4.04. The molecular formula is C16H12N2O2. The molecule has 0 saturated carbocycles. The van der Waals surface area contributed by atoms with Crippen molar-refractivity contribution in [2.24, 2.45) is 0 Å². The molecule has 0 spiro atoms. The van der Waals surface area contributed by atoms with Gasteiger partial charge in [-0.25, -0.2) is 0 Å². The second-order valence-electron chi connectivity index (χ2n) is 4.04. The first kappa shape index (κ1) is 13.5. The molecular weight excluding hydrogens is 252 g/mol. The Morgan fingerprint density at radius 3 is 2.35 bits per heavy atom. The minimum Gasteiger partial charge on any atom is -0.495 e. The molecule has 0 aliphatic rings. The standard InChI is InChI=1S/C16H12N2O2/c1-19-16-8-12(6-7-14(16)10-18)11-20-15-5-3-2-4-13(15)9-17/h2-8H,11H2,1H3. The lowest BCUT2D eigenvalue weighted by Crippen LogP contribution is -1.98. The van der Waals surface area contributed by atoms with Crippen LogP contribution in [-0.2, 0) is 6.61 Å². The topological polar surface area (TPSA) is 66.0 Å². The van der Waals surface area contributed by atoms with Gasteiger partial charge in [0.15, 0.2) is 0 Å². The maximum Gasteiger partial charge on any atom is 0.137 e. The van der Waals surface area contributed by atoms with Crippen molar-refractivity contribution in [3.05, 3.63) is 59.2 Å². The van der Waals surface area contributed by atoms with Crippen LogP contribution in [0.1, 0.15) is 16.7 Å². The Kier molecular flexibility index (Phi) is 4.21. The maximum absolute atomic E-state index is 8.98. The lowest BCUT2D eigenvalue weighted by atomic mass is 10.1. The van der Waals surface area contributed by atoms with Crippen molar-refractivity contribution in [3.63, 3.8) is 0 Å². The van der Waals surface area contributed by atoms with Gasteiger partial charge >= 0.3 is 0 Å². The molecule has 0 amide bonds. The molecule has 0 aliphatic carbocycles. The normalized spacial score (nSPS) is 9.35. The Hall–Kier alpha value is -2.98. The summed E-state index contributed by atoms with van der Waals surface area (Å²) in [6, 6.07) is 16.4. The fraction of sp³-hybridized carbons (Fsp3) is 0.125. The molecule has 2 aromatic rings. The first-order valence-electron chi connectivity index (χ1n) is 5.97. The highest BCUT2D eigenvalue weighted by Crippen LogP contribution is 2.22. The molecule has 4 heteroatoms. The largest absolute Gasteiger partial charge is 0.495 e. The third-order valence-electron chi connectivity index (χ3n) is 2.79. The van der Waals surface area contributed by atoms with E-state index in [1.165, 1.54) is 7.11 Å². The predicted molar refractivity (Wildman–Crippen MR) is 73.2 cm³/mol. The van der Waals surface area contributed by atoms with Crippen LogP contribution in [0.2, 0.25) is 0 Å². The maximum atomic E-state index is 8.98. The first-order chi connectivity index (χ1) is 9.78. The van der Waals surface area contributed by atoms with Crippen LogP contribution in [0.3, 0.4) is 0 Å². The van der Waals surface area contributed by atoms with Crippen LogP contribution in [0.4, 0.5) is 0 Å². The molecule has 0 bridgehead atoms. The molecule has 98 valence electrons. The minimum absolute atomic E-state index is 0.306. The van der Waals surface area contributed by atoms with E-state index in [-0.39, 0.29) is 0 Å². The van der Waals surface area contributed by atoms with Crippen LogP contribution < -0.4 is 9.47 Å². The highest BCUT2D eigenvalue weighted by molar-refractivity contribution is 5.46. The number of rotatable bonds is 4. The number of methoxy groups -OCH3 is 1. The highest BCUT2D eigenvalue weighted by Gasteiger charge is 2.06. The molecule has 20 heavy (non-hydrogen) atoms. The van der Waals surface area contributed by atoms with Crippen molar-refractivity contribution >= 4 is 0 Å². The minimum atomic E-state index is 0.306. The summed E-state index contributed by atoms with van der Waals surface area (Å²) in [7, 11) is 1.52. The molecule has 2 rings (SSSR count). The lowest BCUT2D eigenvalue weighted by molar-refractivity contribution is 0.304. The average molecular weight is 264 g/mol. The number of benzene rings is 2. The van der Waals surface area contributed by atoms with Crippen molar-refractivity contribution in [2.75, 3.05) is 7.11 Å². The van der Waals surface area contributed by atoms with Crippen LogP contribution in [-0.4, -0.2) is 7.11 Å². The van der Waals surface area contributed by atoms with Crippen LogP contribution in [0.25, 0.3) is 0 Å². The van der Waals surface area contributed by atoms with E-state index in [1.54, 1.807) is 36.4 Å². The van der Waals surface area contributed by atoms with Crippen molar-refractivity contribution in [3.8, 4) is 23.6 Å². The number of nitriles is 2. The monoisotopic (exact) mass is 264 g/mol. The number of hydrogen-bond acceptors (Lipinski definition) is 4. The molecule has 0 aromatic heterocycles. The van der Waals surface area contributed by atoms with Gasteiger partial charge in [0.1, 0.15) is 30.2 Å². The third kappa shape index (κ3) is 2.88. The fourth-order valence-electron chi connectivity index (χ4n) is 1.76. The number of hydrogen-bond donors (Lipinski definition) is 0. The van der Waals surface area contributed by atoms with Gasteiger partial charge in [0.05, 0.1) is 18.2 Å². The molecule has 0 aliphatic heterocycles. The van der Waals surface area contributed by atoms with Crippen LogP contribution >= 0.6 is 0 Å².